The van der Waals surface area contributed by atoms with Crippen molar-refractivity contribution in [2.24, 2.45) is 5.92 Å². The Hall–Kier alpha value is -3.29. The van der Waals surface area contributed by atoms with Crippen LogP contribution in [0.15, 0.2) is 30.6 Å². The van der Waals surface area contributed by atoms with E-state index in [9.17, 15) is 9.59 Å². The number of carbonyl (C=O) groups is 2. The van der Waals surface area contributed by atoms with Crippen molar-refractivity contribution in [1.82, 2.24) is 20.2 Å². The molecule has 0 amide bonds. The number of aryl methyl sites for hydroxylation is 1. The topological polar surface area (TPSA) is 101 Å². The second kappa shape index (κ2) is 9.89. The van der Waals surface area contributed by atoms with Gasteiger partial charge in [-0.1, -0.05) is 13.0 Å². The molecule has 0 spiro atoms. The van der Waals surface area contributed by atoms with Gasteiger partial charge >= 0.3 is 5.97 Å². The third-order valence-electron chi connectivity index (χ3n) is 5.80. The summed E-state index contributed by atoms with van der Waals surface area (Å²) in [6.45, 7) is 4.06. The number of carbonyl (C=O) groups excluding carboxylic acids is 2. The van der Waals surface area contributed by atoms with Crippen LogP contribution in [0.5, 0.6) is 0 Å². The van der Waals surface area contributed by atoms with E-state index in [0.717, 1.165) is 53.4 Å². The molecule has 0 saturated heterocycles. The van der Waals surface area contributed by atoms with Gasteiger partial charge in [-0.05, 0) is 42.9 Å². The standard InChI is InChI=1S/C24H29N5O3/c1-3-10-29(14-16-4-5-16)23-13-21(25-15-26-23)22(30)12-17-6-7-19-18(11-17)20(28-27-19)8-9-24(31)32-2/h6-7,11,13,15-16H,3-5,8-10,12,14H2,1-2H3,(H,27,28). The summed E-state index contributed by atoms with van der Waals surface area (Å²) in [7, 11) is 1.38. The molecule has 3 aromatic rings. The van der Waals surface area contributed by atoms with Gasteiger partial charge in [-0.15, -0.1) is 0 Å². The number of nitrogens with one attached hydrogen (secondary N) is 1. The Bertz CT molecular complexity index is 1110. The van der Waals surface area contributed by atoms with Gasteiger partial charge in [0, 0.05) is 43.1 Å². The monoisotopic (exact) mass is 435 g/mol. The molecule has 4 rings (SSSR count). The Labute approximate surface area is 187 Å². The van der Waals surface area contributed by atoms with Gasteiger partial charge in [0.1, 0.15) is 17.8 Å². The van der Waals surface area contributed by atoms with E-state index in [1.807, 2.05) is 24.3 Å². The summed E-state index contributed by atoms with van der Waals surface area (Å²) in [5.74, 6) is 1.26. The number of ether oxygens (including phenoxy) is 1. The normalized spacial score (nSPS) is 13.3. The lowest BCUT2D eigenvalue weighted by Gasteiger charge is -2.23. The first kappa shape index (κ1) is 21.9. The van der Waals surface area contributed by atoms with Crippen molar-refractivity contribution < 1.29 is 14.3 Å². The van der Waals surface area contributed by atoms with Crippen molar-refractivity contribution >= 4 is 28.5 Å². The summed E-state index contributed by atoms with van der Waals surface area (Å²) in [6.07, 6.45) is 6.08. The van der Waals surface area contributed by atoms with Gasteiger partial charge in [-0.25, -0.2) is 9.97 Å². The van der Waals surface area contributed by atoms with Crippen molar-refractivity contribution in [3.63, 3.8) is 0 Å². The molecular formula is C24H29N5O3. The molecule has 1 fully saturated rings. The molecule has 168 valence electrons. The van der Waals surface area contributed by atoms with Gasteiger partial charge < -0.3 is 9.64 Å². The molecule has 1 aromatic carbocycles. The number of aromatic amines is 1. The van der Waals surface area contributed by atoms with Crippen LogP contribution in [-0.4, -0.2) is 52.1 Å². The van der Waals surface area contributed by atoms with Crippen LogP contribution in [0.2, 0.25) is 0 Å². The smallest absolute Gasteiger partial charge is 0.305 e. The second-order valence-corrected chi connectivity index (χ2v) is 8.38. The van der Waals surface area contributed by atoms with E-state index in [2.05, 4.69) is 32.0 Å². The first-order valence-electron chi connectivity index (χ1n) is 11.2. The van der Waals surface area contributed by atoms with Gasteiger partial charge in [-0.3, -0.25) is 14.7 Å². The van der Waals surface area contributed by atoms with Crippen LogP contribution in [0.25, 0.3) is 10.9 Å². The minimum atomic E-state index is -0.266. The summed E-state index contributed by atoms with van der Waals surface area (Å²) in [4.78, 5) is 35.4. The molecule has 8 heteroatoms. The van der Waals surface area contributed by atoms with E-state index >= 15 is 0 Å². The minimum Gasteiger partial charge on any atom is -0.469 e. The third kappa shape index (κ3) is 5.30. The SMILES string of the molecule is CCCN(CC1CC1)c1cc(C(=O)Cc2ccc3n[nH]c(CCC(=O)OC)c3c2)ncn1. The lowest BCUT2D eigenvalue weighted by Crippen LogP contribution is -2.27. The Kier molecular flexibility index (Phi) is 6.78. The Morgan fingerprint density at radius 2 is 2.06 bits per heavy atom. The van der Waals surface area contributed by atoms with Crippen LogP contribution in [-0.2, 0) is 22.4 Å². The number of anilines is 1. The number of hydrogen-bond acceptors (Lipinski definition) is 7. The average Bonchev–Trinajstić information content (AvgIpc) is 3.55. The fraction of sp³-hybridized carbons (Fsp3) is 0.458. The highest BCUT2D eigenvalue weighted by Gasteiger charge is 2.25. The summed E-state index contributed by atoms with van der Waals surface area (Å²) >= 11 is 0. The molecule has 1 N–H and O–H groups in total. The number of ketones is 1. The van der Waals surface area contributed by atoms with E-state index in [1.54, 1.807) is 0 Å². The Morgan fingerprint density at radius 3 is 2.81 bits per heavy atom. The average molecular weight is 436 g/mol. The maximum Gasteiger partial charge on any atom is 0.305 e. The quantitative estimate of drug-likeness (QED) is 0.363. The van der Waals surface area contributed by atoms with E-state index in [0.29, 0.717) is 12.1 Å². The Morgan fingerprint density at radius 1 is 1.22 bits per heavy atom. The number of esters is 1. The number of Topliss-reactive ketones (excluding diaryl/α,β-unsaturated/α-hetero) is 1. The molecule has 0 atom stereocenters. The van der Waals surface area contributed by atoms with Gasteiger partial charge in [0.15, 0.2) is 5.78 Å². The zero-order valence-corrected chi connectivity index (χ0v) is 18.6. The highest BCUT2D eigenvalue weighted by molar-refractivity contribution is 5.97. The fourth-order valence-corrected chi connectivity index (χ4v) is 3.87. The van der Waals surface area contributed by atoms with E-state index in [-0.39, 0.29) is 24.6 Å². The molecule has 1 saturated carbocycles. The molecule has 32 heavy (non-hydrogen) atoms. The molecule has 2 aromatic heterocycles. The number of methoxy groups -OCH3 is 1. The van der Waals surface area contributed by atoms with Gasteiger partial charge in [0.05, 0.1) is 19.0 Å². The van der Waals surface area contributed by atoms with E-state index < -0.39 is 0 Å². The van der Waals surface area contributed by atoms with Crippen LogP contribution >= 0.6 is 0 Å². The summed E-state index contributed by atoms with van der Waals surface area (Å²) < 4.78 is 4.72. The molecule has 1 aliphatic rings. The molecule has 0 radical (unpaired) electrons. The van der Waals surface area contributed by atoms with Crippen molar-refractivity contribution in [2.45, 2.75) is 45.4 Å². The zero-order chi connectivity index (χ0) is 22.5. The zero-order valence-electron chi connectivity index (χ0n) is 18.6. The van der Waals surface area contributed by atoms with Crippen molar-refractivity contribution in [3.8, 4) is 0 Å². The summed E-state index contributed by atoms with van der Waals surface area (Å²) in [5.41, 5.74) is 2.98. The predicted molar refractivity (Wildman–Crippen MR) is 122 cm³/mol. The molecular weight excluding hydrogens is 406 g/mol. The lowest BCUT2D eigenvalue weighted by atomic mass is 10.0. The number of nitrogens with zero attached hydrogens (tertiary/aromatic N) is 4. The highest BCUT2D eigenvalue weighted by Crippen LogP contribution is 2.31. The van der Waals surface area contributed by atoms with Crippen LogP contribution in [0.1, 0.15) is 54.4 Å². The van der Waals surface area contributed by atoms with Crippen molar-refractivity contribution in [1.29, 1.82) is 0 Å². The molecule has 0 unspecified atom stereocenters. The third-order valence-corrected chi connectivity index (χ3v) is 5.80. The Balaban J connectivity index is 1.49. The summed E-state index contributed by atoms with van der Waals surface area (Å²) in [6, 6.07) is 7.57. The van der Waals surface area contributed by atoms with Crippen LogP contribution in [0.3, 0.4) is 0 Å². The molecule has 2 heterocycles. The minimum absolute atomic E-state index is 0.0459. The van der Waals surface area contributed by atoms with Crippen LogP contribution < -0.4 is 4.90 Å². The number of aromatic nitrogens is 4. The second-order valence-electron chi connectivity index (χ2n) is 8.38. The largest absolute Gasteiger partial charge is 0.469 e. The van der Waals surface area contributed by atoms with Crippen LogP contribution in [0.4, 0.5) is 5.82 Å². The number of hydrogen-bond donors (Lipinski definition) is 1. The van der Waals surface area contributed by atoms with Crippen molar-refractivity contribution in [2.75, 3.05) is 25.1 Å². The molecule has 8 nitrogen and oxygen atoms in total. The summed E-state index contributed by atoms with van der Waals surface area (Å²) in [5, 5.41) is 8.20. The van der Waals surface area contributed by atoms with E-state index in [4.69, 9.17) is 4.74 Å². The fourth-order valence-electron chi connectivity index (χ4n) is 3.87. The van der Waals surface area contributed by atoms with Gasteiger partial charge in [0.25, 0.3) is 0 Å². The molecule has 0 aliphatic heterocycles. The predicted octanol–water partition coefficient (Wildman–Crippen LogP) is 3.51. The van der Waals surface area contributed by atoms with Gasteiger partial charge in [0.2, 0.25) is 0 Å². The van der Waals surface area contributed by atoms with Crippen LogP contribution in [0, 0.1) is 5.92 Å². The number of H-pyrrole nitrogens is 1. The molecule has 0 bridgehead atoms. The van der Waals surface area contributed by atoms with Gasteiger partial charge in [-0.2, -0.15) is 5.10 Å². The lowest BCUT2D eigenvalue weighted by molar-refractivity contribution is -0.140. The number of fused-ring (bicyclic) bond motifs is 1. The molecule has 1 aliphatic carbocycles. The maximum absolute atomic E-state index is 13.0. The first-order chi connectivity index (χ1) is 15.6. The van der Waals surface area contributed by atoms with Crippen molar-refractivity contribution in [3.05, 3.63) is 47.5 Å². The highest BCUT2D eigenvalue weighted by atomic mass is 16.5. The maximum atomic E-state index is 13.0. The van der Waals surface area contributed by atoms with E-state index in [1.165, 1.54) is 26.3 Å². The first-order valence-corrected chi connectivity index (χ1v) is 11.2. The number of rotatable bonds is 11. The number of benzene rings is 1.